The zero-order valence-corrected chi connectivity index (χ0v) is 14.3. The van der Waals surface area contributed by atoms with Crippen LogP contribution in [0.1, 0.15) is 36.0 Å². The Labute approximate surface area is 135 Å². The number of amides is 1. The Balaban J connectivity index is 1.99. The number of benzene rings is 1. The molecule has 1 aliphatic rings. The van der Waals surface area contributed by atoms with E-state index in [-0.39, 0.29) is 17.1 Å². The fourth-order valence-corrected chi connectivity index (χ4v) is 4.95. The van der Waals surface area contributed by atoms with E-state index < -0.39 is 11.1 Å². The molecular formula is C17H24NO3S+. The Morgan fingerprint density at radius 1 is 1.32 bits per heavy atom. The maximum absolute atomic E-state index is 12.3. The van der Waals surface area contributed by atoms with Crippen molar-refractivity contribution in [2.24, 2.45) is 0 Å². The van der Waals surface area contributed by atoms with Crippen LogP contribution in [0.25, 0.3) is 0 Å². The van der Waals surface area contributed by atoms with Crippen LogP contribution in [0.2, 0.25) is 0 Å². The molecule has 22 heavy (non-hydrogen) atoms. The number of methoxy groups -OCH3 is 1. The summed E-state index contributed by atoms with van der Waals surface area (Å²) in [7, 11) is 1.41. The molecule has 1 heterocycles. The van der Waals surface area contributed by atoms with Crippen LogP contribution < -0.4 is 4.72 Å². The maximum atomic E-state index is 12.3. The molecule has 2 atom stereocenters. The molecular weight excluding hydrogens is 298 g/mol. The summed E-state index contributed by atoms with van der Waals surface area (Å²) in [6.07, 6.45) is 3.25. The summed E-state index contributed by atoms with van der Waals surface area (Å²) in [5, 5.41) is -0.179. The van der Waals surface area contributed by atoms with Crippen LogP contribution in [0, 0.1) is 13.8 Å². The molecule has 1 amide bonds. The highest BCUT2D eigenvalue weighted by molar-refractivity contribution is 7.96. The number of carbonyl (C=O) groups excluding carboxylic acids is 2. The zero-order valence-electron chi connectivity index (χ0n) is 13.5. The van der Waals surface area contributed by atoms with Crippen molar-refractivity contribution in [1.82, 2.24) is 4.72 Å². The number of hydrogen-bond acceptors (Lipinski definition) is 3. The average Bonchev–Trinajstić information content (AvgIpc) is 2.50. The summed E-state index contributed by atoms with van der Waals surface area (Å²) < 4.78 is 7.93. The Kier molecular flexibility index (Phi) is 5.89. The first-order valence-corrected chi connectivity index (χ1v) is 9.10. The van der Waals surface area contributed by atoms with Crippen molar-refractivity contribution >= 4 is 23.0 Å². The van der Waals surface area contributed by atoms with Crippen molar-refractivity contribution in [3.8, 4) is 0 Å². The van der Waals surface area contributed by atoms with Crippen molar-refractivity contribution in [1.29, 1.82) is 0 Å². The first kappa shape index (κ1) is 16.9. The molecule has 1 fully saturated rings. The van der Waals surface area contributed by atoms with Crippen LogP contribution in [0.5, 0.6) is 0 Å². The van der Waals surface area contributed by atoms with Crippen molar-refractivity contribution in [2.75, 3.05) is 12.9 Å². The Bertz CT molecular complexity index is 559. The van der Waals surface area contributed by atoms with E-state index >= 15 is 0 Å². The third-order valence-corrected chi connectivity index (χ3v) is 6.32. The van der Waals surface area contributed by atoms with E-state index in [0.29, 0.717) is 6.42 Å². The summed E-state index contributed by atoms with van der Waals surface area (Å²) in [6, 6.07) is 6.12. The van der Waals surface area contributed by atoms with Crippen LogP contribution in [-0.2, 0) is 31.8 Å². The summed E-state index contributed by atoms with van der Waals surface area (Å²) in [5.74, 6) is 0.666. The number of nitrogens with one attached hydrogen (secondary N) is 1. The first-order valence-electron chi connectivity index (χ1n) is 7.64. The molecule has 1 aromatic carbocycles. The summed E-state index contributed by atoms with van der Waals surface area (Å²) >= 11 is -0.401. The van der Waals surface area contributed by atoms with Gasteiger partial charge in [-0.15, -0.1) is 0 Å². The minimum absolute atomic E-state index is 0.00825. The lowest BCUT2D eigenvalue weighted by Crippen LogP contribution is -2.47. The predicted molar refractivity (Wildman–Crippen MR) is 89.6 cm³/mol. The van der Waals surface area contributed by atoms with Crippen molar-refractivity contribution in [3.05, 3.63) is 34.9 Å². The third kappa shape index (κ3) is 4.26. The Hall–Kier alpha value is -1.49. The molecule has 1 saturated heterocycles. The minimum Gasteiger partial charge on any atom is -0.465 e. The van der Waals surface area contributed by atoms with E-state index in [0.717, 1.165) is 36.1 Å². The van der Waals surface area contributed by atoms with E-state index in [2.05, 4.69) is 10.8 Å². The topological polar surface area (TPSA) is 55.4 Å². The van der Waals surface area contributed by atoms with Gasteiger partial charge in [0, 0.05) is 6.42 Å². The monoisotopic (exact) mass is 322 g/mol. The summed E-state index contributed by atoms with van der Waals surface area (Å²) in [6.45, 7) is 4.07. The van der Waals surface area contributed by atoms with Gasteiger partial charge in [-0.25, -0.2) is 4.79 Å². The molecule has 2 rings (SSSR count). The van der Waals surface area contributed by atoms with Gasteiger partial charge in [-0.05, 0) is 37.8 Å². The molecule has 2 unspecified atom stereocenters. The summed E-state index contributed by atoms with van der Waals surface area (Å²) in [5.41, 5.74) is 3.37. The smallest absolute Gasteiger partial charge is 0.361 e. The maximum Gasteiger partial charge on any atom is 0.361 e. The van der Waals surface area contributed by atoms with Crippen LogP contribution >= 0.6 is 0 Å². The molecule has 0 radical (unpaired) electrons. The van der Waals surface area contributed by atoms with Crippen LogP contribution in [0.4, 0.5) is 0 Å². The second-order valence-electron chi connectivity index (χ2n) is 5.77. The SMILES string of the molecule is COC(=O)C1CCCC[S+]1NC(=O)Cc1ccc(C)cc1C. The Morgan fingerprint density at radius 3 is 2.77 bits per heavy atom. The normalized spacial score (nSPS) is 21.2. The van der Waals surface area contributed by atoms with E-state index in [1.54, 1.807) is 0 Å². The van der Waals surface area contributed by atoms with E-state index in [1.165, 1.54) is 12.7 Å². The fourth-order valence-electron chi connectivity index (χ4n) is 2.76. The van der Waals surface area contributed by atoms with E-state index in [1.807, 2.05) is 26.0 Å². The molecule has 1 aliphatic heterocycles. The lowest BCUT2D eigenvalue weighted by Gasteiger charge is -2.21. The molecule has 0 saturated carbocycles. The van der Waals surface area contributed by atoms with E-state index in [4.69, 9.17) is 4.74 Å². The second kappa shape index (κ2) is 7.68. The van der Waals surface area contributed by atoms with Gasteiger partial charge >= 0.3 is 5.97 Å². The van der Waals surface area contributed by atoms with Gasteiger partial charge in [0.25, 0.3) is 5.91 Å². The number of aryl methyl sites for hydroxylation is 2. The highest BCUT2D eigenvalue weighted by Crippen LogP contribution is 2.21. The van der Waals surface area contributed by atoms with E-state index in [9.17, 15) is 9.59 Å². The van der Waals surface area contributed by atoms with Crippen LogP contribution in [0.15, 0.2) is 18.2 Å². The van der Waals surface area contributed by atoms with Crippen LogP contribution in [-0.4, -0.2) is 30.0 Å². The standard InChI is InChI=1S/C17H23NO3S/c1-12-7-8-14(13(2)10-12)11-16(19)18-22-9-5-4-6-15(22)17(20)21-3/h7-8,10,15H,4-6,9,11H2,1-3H3/p+1. The van der Waals surface area contributed by atoms with Gasteiger partial charge in [-0.2, -0.15) is 4.72 Å². The largest absolute Gasteiger partial charge is 0.465 e. The number of esters is 1. The van der Waals surface area contributed by atoms with Gasteiger partial charge in [-0.1, -0.05) is 23.8 Å². The molecule has 1 aromatic rings. The lowest BCUT2D eigenvalue weighted by molar-refractivity contribution is -0.140. The lowest BCUT2D eigenvalue weighted by atomic mass is 10.0. The van der Waals surface area contributed by atoms with Gasteiger partial charge in [0.2, 0.25) is 5.25 Å². The first-order chi connectivity index (χ1) is 10.5. The average molecular weight is 322 g/mol. The van der Waals surface area contributed by atoms with Crippen molar-refractivity contribution < 1.29 is 14.3 Å². The highest BCUT2D eigenvalue weighted by atomic mass is 32.2. The quantitative estimate of drug-likeness (QED) is 0.683. The molecule has 0 aliphatic carbocycles. The molecule has 0 bridgehead atoms. The highest BCUT2D eigenvalue weighted by Gasteiger charge is 2.42. The minimum atomic E-state index is -0.401. The molecule has 0 aromatic heterocycles. The van der Waals surface area contributed by atoms with Crippen molar-refractivity contribution in [2.45, 2.75) is 44.8 Å². The fraction of sp³-hybridized carbons (Fsp3) is 0.529. The predicted octanol–water partition coefficient (Wildman–Crippen LogP) is 2.22. The van der Waals surface area contributed by atoms with Gasteiger partial charge in [0.15, 0.2) is 0 Å². The van der Waals surface area contributed by atoms with Gasteiger partial charge in [-0.3, -0.25) is 4.79 Å². The third-order valence-electron chi connectivity index (χ3n) is 3.98. The number of rotatable bonds is 4. The molecule has 4 nitrogen and oxygen atoms in total. The van der Waals surface area contributed by atoms with Gasteiger partial charge in [0.1, 0.15) is 16.8 Å². The molecule has 1 N–H and O–H groups in total. The summed E-state index contributed by atoms with van der Waals surface area (Å²) in [4.78, 5) is 24.2. The number of carbonyl (C=O) groups is 2. The van der Waals surface area contributed by atoms with Gasteiger partial charge in [0.05, 0.1) is 13.5 Å². The molecule has 0 spiro atoms. The van der Waals surface area contributed by atoms with Crippen LogP contribution in [0.3, 0.4) is 0 Å². The van der Waals surface area contributed by atoms with Crippen molar-refractivity contribution in [3.63, 3.8) is 0 Å². The Morgan fingerprint density at radius 2 is 2.09 bits per heavy atom. The zero-order chi connectivity index (χ0) is 16.1. The number of hydrogen-bond donors (Lipinski definition) is 1. The molecule has 5 heteroatoms. The number of ether oxygens (including phenoxy) is 1. The van der Waals surface area contributed by atoms with Gasteiger partial charge < -0.3 is 4.74 Å². The molecule has 120 valence electrons. The second-order valence-corrected chi connectivity index (χ2v) is 7.81.